The number of amides is 1. The number of hydrogen-bond acceptors (Lipinski definition) is 4. The van der Waals surface area contributed by atoms with Crippen molar-refractivity contribution in [3.05, 3.63) is 45.1 Å². The van der Waals surface area contributed by atoms with Crippen LogP contribution in [0.1, 0.15) is 28.3 Å². The number of rotatable bonds is 3. The summed E-state index contributed by atoms with van der Waals surface area (Å²) in [6.07, 6.45) is 0. The molecule has 0 spiro atoms. The number of halogens is 2. The second-order valence-electron chi connectivity index (χ2n) is 3.61. The molecule has 1 N–H and O–H groups in total. The number of nitrogens with zero attached hydrogens (tertiary/aromatic N) is 2. The third-order valence-corrected chi connectivity index (χ3v) is 3.31. The first-order chi connectivity index (χ1) is 8.56. The summed E-state index contributed by atoms with van der Waals surface area (Å²) in [7, 11) is 0. The minimum Gasteiger partial charge on any atom is -0.343 e. The fourth-order valence-corrected chi connectivity index (χ4v) is 2.15. The summed E-state index contributed by atoms with van der Waals surface area (Å²) in [5, 5.41) is 10.1. The smallest absolute Gasteiger partial charge is 0.282 e. The summed E-state index contributed by atoms with van der Waals surface area (Å²) < 4.78 is 13.2. The highest BCUT2D eigenvalue weighted by molar-refractivity contribution is 7.17. The molecule has 1 atom stereocenters. The maximum absolute atomic E-state index is 13.0. The number of benzene rings is 1. The molecule has 0 aliphatic heterocycles. The Morgan fingerprint density at radius 3 is 2.89 bits per heavy atom. The van der Waals surface area contributed by atoms with E-state index in [1.807, 2.05) is 0 Å². The number of hydrogen-bond donors (Lipinski definition) is 1. The monoisotopic (exact) mass is 285 g/mol. The van der Waals surface area contributed by atoms with Crippen molar-refractivity contribution >= 4 is 28.8 Å². The molecule has 1 aromatic heterocycles. The van der Waals surface area contributed by atoms with Crippen molar-refractivity contribution in [1.29, 1.82) is 0 Å². The predicted molar refractivity (Wildman–Crippen MR) is 67.2 cm³/mol. The van der Waals surface area contributed by atoms with Crippen molar-refractivity contribution in [3.63, 3.8) is 0 Å². The van der Waals surface area contributed by atoms with Gasteiger partial charge in [-0.3, -0.25) is 4.79 Å². The first-order valence-corrected chi connectivity index (χ1v) is 6.31. The first-order valence-electron chi connectivity index (χ1n) is 5.11. The van der Waals surface area contributed by atoms with Crippen LogP contribution in [0.2, 0.25) is 4.47 Å². The van der Waals surface area contributed by atoms with E-state index in [1.54, 1.807) is 19.1 Å². The lowest BCUT2D eigenvalue weighted by Crippen LogP contribution is -2.26. The van der Waals surface area contributed by atoms with Crippen LogP contribution in [0.15, 0.2) is 24.3 Å². The van der Waals surface area contributed by atoms with Gasteiger partial charge in [0.1, 0.15) is 5.82 Å². The SMILES string of the molecule is CC(NC(=O)c1nnc(Cl)s1)c1cccc(F)c1. The van der Waals surface area contributed by atoms with Gasteiger partial charge in [0.05, 0.1) is 6.04 Å². The topological polar surface area (TPSA) is 54.9 Å². The minimum absolute atomic E-state index is 0.184. The average Bonchev–Trinajstić information content (AvgIpc) is 2.76. The van der Waals surface area contributed by atoms with E-state index in [2.05, 4.69) is 15.5 Å². The van der Waals surface area contributed by atoms with Gasteiger partial charge in [-0.2, -0.15) is 0 Å². The second kappa shape index (κ2) is 5.41. The van der Waals surface area contributed by atoms with Gasteiger partial charge in [-0.1, -0.05) is 23.5 Å². The quantitative estimate of drug-likeness (QED) is 0.943. The highest BCUT2D eigenvalue weighted by atomic mass is 35.5. The molecule has 4 nitrogen and oxygen atoms in total. The van der Waals surface area contributed by atoms with E-state index in [0.717, 1.165) is 11.3 Å². The maximum atomic E-state index is 13.0. The molecule has 0 aliphatic rings. The van der Waals surface area contributed by atoms with E-state index in [1.165, 1.54) is 12.1 Å². The van der Waals surface area contributed by atoms with Crippen molar-refractivity contribution in [2.75, 3.05) is 0 Å². The third-order valence-electron chi connectivity index (χ3n) is 2.29. The first kappa shape index (κ1) is 12.9. The number of carbonyl (C=O) groups excluding carboxylic acids is 1. The van der Waals surface area contributed by atoms with Gasteiger partial charge in [-0.25, -0.2) is 4.39 Å². The fraction of sp³-hybridized carbons (Fsp3) is 0.182. The van der Waals surface area contributed by atoms with Crippen LogP contribution >= 0.6 is 22.9 Å². The number of aromatic nitrogens is 2. The zero-order chi connectivity index (χ0) is 13.1. The molecule has 0 aliphatic carbocycles. The molecule has 18 heavy (non-hydrogen) atoms. The van der Waals surface area contributed by atoms with Crippen molar-refractivity contribution in [2.24, 2.45) is 0 Å². The molecule has 1 amide bonds. The van der Waals surface area contributed by atoms with E-state index in [4.69, 9.17) is 11.6 Å². The Bertz CT molecular complexity index is 575. The Labute approximate surface area is 112 Å². The van der Waals surface area contributed by atoms with Crippen LogP contribution in [0, 0.1) is 5.82 Å². The summed E-state index contributed by atoms with van der Waals surface area (Å²) >= 11 is 6.59. The highest BCUT2D eigenvalue weighted by Gasteiger charge is 2.15. The van der Waals surface area contributed by atoms with Gasteiger partial charge in [0.2, 0.25) is 9.47 Å². The lowest BCUT2D eigenvalue weighted by Gasteiger charge is -2.12. The van der Waals surface area contributed by atoms with Gasteiger partial charge in [-0.15, -0.1) is 10.2 Å². The summed E-state index contributed by atoms with van der Waals surface area (Å²) in [6.45, 7) is 1.76. The molecule has 2 rings (SSSR count). The van der Waals surface area contributed by atoms with Gasteiger partial charge in [0.25, 0.3) is 5.91 Å². The Kier molecular flexibility index (Phi) is 3.88. The fourth-order valence-electron chi connectivity index (χ4n) is 1.41. The van der Waals surface area contributed by atoms with Crippen LogP contribution in [-0.4, -0.2) is 16.1 Å². The molecular formula is C11H9ClFN3OS. The Balaban J connectivity index is 2.07. The van der Waals surface area contributed by atoms with Gasteiger partial charge < -0.3 is 5.32 Å². The summed E-state index contributed by atoms with van der Waals surface area (Å²) in [5.41, 5.74) is 0.680. The van der Waals surface area contributed by atoms with Crippen LogP contribution in [0.25, 0.3) is 0 Å². The Morgan fingerprint density at radius 1 is 1.50 bits per heavy atom. The molecule has 0 bridgehead atoms. The molecule has 1 aromatic carbocycles. The van der Waals surface area contributed by atoms with Gasteiger partial charge >= 0.3 is 0 Å². The van der Waals surface area contributed by atoms with Gasteiger partial charge in [-0.05, 0) is 36.2 Å². The normalized spacial score (nSPS) is 12.2. The number of carbonyl (C=O) groups is 1. The molecule has 2 aromatic rings. The summed E-state index contributed by atoms with van der Waals surface area (Å²) in [4.78, 5) is 11.8. The van der Waals surface area contributed by atoms with E-state index in [-0.39, 0.29) is 27.2 Å². The van der Waals surface area contributed by atoms with E-state index in [0.29, 0.717) is 5.56 Å². The summed E-state index contributed by atoms with van der Waals surface area (Å²) in [6, 6.07) is 5.73. The number of nitrogens with one attached hydrogen (secondary N) is 1. The maximum Gasteiger partial charge on any atom is 0.282 e. The van der Waals surface area contributed by atoms with E-state index >= 15 is 0 Å². The van der Waals surface area contributed by atoms with Crippen molar-refractivity contribution < 1.29 is 9.18 Å². The average molecular weight is 286 g/mol. The van der Waals surface area contributed by atoms with Crippen LogP contribution in [-0.2, 0) is 0 Å². The van der Waals surface area contributed by atoms with Crippen molar-refractivity contribution in [3.8, 4) is 0 Å². The van der Waals surface area contributed by atoms with Crippen LogP contribution < -0.4 is 5.32 Å². The molecule has 7 heteroatoms. The Morgan fingerprint density at radius 2 is 2.28 bits per heavy atom. The second-order valence-corrected chi connectivity index (χ2v) is 5.17. The zero-order valence-corrected chi connectivity index (χ0v) is 10.9. The summed E-state index contributed by atoms with van der Waals surface area (Å²) in [5.74, 6) is -0.719. The minimum atomic E-state index is -0.379. The molecular weight excluding hydrogens is 277 g/mol. The predicted octanol–water partition coefficient (Wildman–Crippen LogP) is 2.82. The molecule has 0 saturated heterocycles. The van der Waals surface area contributed by atoms with Crippen LogP contribution in [0.3, 0.4) is 0 Å². The molecule has 0 radical (unpaired) electrons. The lowest BCUT2D eigenvalue weighted by molar-refractivity contribution is 0.0938. The molecule has 94 valence electrons. The molecule has 0 fully saturated rings. The van der Waals surface area contributed by atoms with E-state index in [9.17, 15) is 9.18 Å². The van der Waals surface area contributed by atoms with E-state index < -0.39 is 0 Å². The van der Waals surface area contributed by atoms with Crippen molar-refractivity contribution in [2.45, 2.75) is 13.0 Å². The standard InChI is InChI=1S/C11H9ClFN3OS/c1-6(7-3-2-4-8(13)5-7)14-9(17)10-15-16-11(12)18-10/h2-6H,1H3,(H,14,17). The van der Waals surface area contributed by atoms with Gasteiger partial charge in [0.15, 0.2) is 0 Å². The van der Waals surface area contributed by atoms with Crippen molar-refractivity contribution in [1.82, 2.24) is 15.5 Å². The Hall–Kier alpha value is -1.53. The molecule has 0 saturated carbocycles. The van der Waals surface area contributed by atoms with Gasteiger partial charge in [0, 0.05) is 0 Å². The molecule has 1 heterocycles. The lowest BCUT2D eigenvalue weighted by atomic mass is 10.1. The highest BCUT2D eigenvalue weighted by Crippen LogP contribution is 2.17. The molecule has 1 unspecified atom stereocenters. The largest absolute Gasteiger partial charge is 0.343 e. The van der Waals surface area contributed by atoms with Crippen LogP contribution in [0.5, 0.6) is 0 Å². The zero-order valence-electron chi connectivity index (χ0n) is 9.35. The third kappa shape index (κ3) is 3.02. The van der Waals surface area contributed by atoms with Crippen LogP contribution in [0.4, 0.5) is 4.39 Å².